The van der Waals surface area contributed by atoms with Gasteiger partial charge in [-0.05, 0) is 44.7 Å². The lowest BCUT2D eigenvalue weighted by atomic mass is 9.96. The van der Waals surface area contributed by atoms with E-state index in [1.54, 1.807) is 6.92 Å². The van der Waals surface area contributed by atoms with E-state index in [4.69, 9.17) is 4.74 Å². The summed E-state index contributed by atoms with van der Waals surface area (Å²) in [5.74, 6) is -0.0171. The molecule has 2 N–H and O–H groups in total. The van der Waals surface area contributed by atoms with E-state index in [0.717, 1.165) is 37.9 Å². The van der Waals surface area contributed by atoms with Gasteiger partial charge in [0.05, 0.1) is 0 Å². The molecule has 1 aromatic carbocycles. The summed E-state index contributed by atoms with van der Waals surface area (Å²) in [7, 11) is 0. The molecule has 3 rings (SSSR count). The van der Waals surface area contributed by atoms with Crippen LogP contribution in [0.5, 0.6) is 0 Å². The Kier molecular flexibility index (Phi) is 6.50. The summed E-state index contributed by atoms with van der Waals surface area (Å²) in [6, 6.07) is 9.55. The molecule has 0 radical (unpaired) electrons. The molecule has 0 spiro atoms. The van der Waals surface area contributed by atoms with Crippen LogP contribution in [0.15, 0.2) is 30.3 Å². The van der Waals surface area contributed by atoms with Crippen LogP contribution in [-0.2, 0) is 16.1 Å². The fraction of sp³-hybridized carbons (Fsp3) is 0.600. The lowest BCUT2D eigenvalue weighted by molar-refractivity contribution is -0.134. The average molecular weight is 359 g/mol. The van der Waals surface area contributed by atoms with Crippen LogP contribution in [0.1, 0.15) is 44.6 Å². The normalized spacial score (nSPS) is 24.1. The number of ether oxygens (including phenoxy) is 1. The zero-order valence-corrected chi connectivity index (χ0v) is 15.4. The third-order valence-corrected chi connectivity index (χ3v) is 5.31. The second-order valence-electron chi connectivity index (χ2n) is 7.23. The second kappa shape index (κ2) is 9.03. The Morgan fingerprint density at radius 2 is 2.04 bits per heavy atom. The third kappa shape index (κ3) is 4.75. The molecule has 0 saturated carbocycles. The topological polar surface area (TPSA) is 70.7 Å². The van der Waals surface area contributed by atoms with Crippen LogP contribution >= 0.6 is 0 Å². The van der Waals surface area contributed by atoms with Crippen LogP contribution in [0.3, 0.4) is 0 Å². The number of nitrogens with one attached hydrogen (secondary N) is 2. The molecule has 2 aliphatic rings. The minimum Gasteiger partial charge on any atom is -0.445 e. The molecular formula is C20H29N3O3. The van der Waals surface area contributed by atoms with Gasteiger partial charge in [0, 0.05) is 18.6 Å². The van der Waals surface area contributed by atoms with E-state index < -0.39 is 12.1 Å². The van der Waals surface area contributed by atoms with E-state index in [1.165, 1.54) is 12.8 Å². The third-order valence-electron chi connectivity index (χ3n) is 5.31. The maximum absolute atomic E-state index is 12.8. The van der Waals surface area contributed by atoms with Crippen molar-refractivity contribution in [2.45, 2.75) is 63.8 Å². The quantitative estimate of drug-likeness (QED) is 0.847. The van der Waals surface area contributed by atoms with Crippen molar-refractivity contribution in [3.05, 3.63) is 35.9 Å². The number of likely N-dealkylation sites (tertiary alicyclic amines) is 1. The van der Waals surface area contributed by atoms with E-state index in [-0.39, 0.29) is 18.6 Å². The van der Waals surface area contributed by atoms with Gasteiger partial charge in [-0.3, -0.25) is 4.79 Å². The smallest absolute Gasteiger partial charge is 0.408 e. The molecule has 2 aliphatic heterocycles. The highest BCUT2D eigenvalue weighted by Crippen LogP contribution is 2.25. The fourth-order valence-corrected chi connectivity index (χ4v) is 3.94. The fourth-order valence-electron chi connectivity index (χ4n) is 3.94. The summed E-state index contributed by atoms with van der Waals surface area (Å²) in [6.45, 7) is 3.73. The van der Waals surface area contributed by atoms with Gasteiger partial charge in [0.15, 0.2) is 0 Å². The number of amides is 2. The zero-order chi connectivity index (χ0) is 18.4. The number of nitrogens with zero attached hydrogens (tertiary/aromatic N) is 1. The van der Waals surface area contributed by atoms with Gasteiger partial charge in [-0.1, -0.05) is 36.8 Å². The number of piperidine rings is 1. The summed E-state index contributed by atoms with van der Waals surface area (Å²) in [6.07, 6.45) is 5.06. The van der Waals surface area contributed by atoms with Gasteiger partial charge in [-0.25, -0.2) is 4.79 Å². The lowest BCUT2D eigenvalue weighted by Crippen LogP contribution is -2.55. The largest absolute Gasteiger partial charge is 0.445 e. The lowest BCUT2D eigenvalue weighted by Gasteiger charge is -2.36. The summed E-state index contributed by atoms with van der Waals surface area (Å²) in [5, 5.41) is 6.24. The summed E-state index contributed by atoms with van der Waals surface area (Å²) in [4.78, 5) is 26.8. The molecule has 0 aliphatic carbocycles. The van der Waals surface area contributed by atoms with Crippen LogP contribution in [0.25, 0.3) is 0 Å². The number of benzene rings is 1. The van der Waals surface area contributed by atoms with Crippen molar-refractivity contribution in [3.63, 3.8) is 0 Å². The molecule has 6 nitrogen and oxygen atoms in total. The van der Waals surface area contributed by atoms with E-state index in [2.05, 4.69) is 10.6 Å². The van der Waals surface area contributed by atoms with Crippen molar-refractivity contribution in [1.29, 1.82) is 0 Å². The summed E-state index contributed by atoms with van der Waals surface area (Å²) in [5.41, 5.74) is 0.921. The highest BCUT2D eigenvalue weighted by atomic mass is 16.5. The first-order valence-corrected chi connectivity index (χ1v) is 9.66. The molecule has 2 fully saturated rings. The van der Waals surface area contributed by atoms with Gasteiger partial charge < -0.3 is 20.3 Å². The van der Waals surface area contributed by atoms with Crippen molar-refractivity contribution >= 4 is 12.0 Å². The van der Waals surface area contributed by atoms with Gasteiger partial charge in [0.25, 0.3) is 0 Å². The summed E-state index contributed by atoms with van der Waals surface area (Å²) < 4.78 is 5.22. The number of alkyl carbamates (subject to hydrolysis) is 1. The molecule has 0 aromatic heterocycles. The van der Waals surface area contributed by atoms with Crippen LogP contribution in [0.2, 0.25) is 0 Å². The molecule has 2 amide bonds. The average Bonchev–Trinajstić information content (AvgIpc) is 3.17. The summed E-state index contributed by atoms with van der Waals surface area (Å²) >= 11 is 0. The molecule has 3 atom stereocenters. The van der Waals surface area contributed by atoms with E-state index in [0.29, 0.717) is 6.04 Å². The van der Waals surface area contributed by atoms with E-state index >= 15 is 0 Å². The predicted molar refractivity (Wildman–Crippen MR) is 99.6 cm³/mol. The van der Waals surface area contributed by atoms with E-state index in [9.17, 15) is 9.59 Å². The molecule has 6 heteroatoms. The number of rotatable bonds is 5. The Balaban J connectivity index is 1.49. The molecule has 26 heavy (non-hydrogen) atoms. The van der Waals surface area contributed by atoms with Crippen LogP contribution in [-0.4, -0.2) is 48.1 Å². The Bertz CT molecular complexity index is 602. The molecule has 2 saturated heterocycles. The first kappa shape index (κ1) is 18.7. The van der Waals surface area contributed by atoms with Crippen molar-refractivity contribution in [2.24, 2.45) is 0 Å². The predicted octanol–water partition coefficient (Wildman–Crippen LogP) is 2.43. The first-order valence-electron chi connectivity index (χ1n) is 9.66. The maximum atomic E-state index is 12.8. The molecule has 2 unspecified atom stereocenters. The first-order chi connectivity index (χ1) is 12.6. The Morgan fingerprint density at radius 1 is 1.23 bits per heavy atom. The highest BCUT2D eigenvalue weighted by molar-refractivity contribution is 5.85. The number of carbonyl (C=O) groups is 2. The Hall–Kier alpha value is -2.08. The van der Waals surface area contributed by atoms with Gasteiger partial charge in [-0.2, -0.15) is 0 Å². The van der Waals surface area contributed by atoms with Crippen molar-refractivity contribution < 1.29 is 14.3 Å². The molecule has 142 valence electrons. The van der Waals surface area contributed by atoms with Gasteiger partial charge in [0.2, 0.25) is 5.91 Å². The Labute approximate surface area is 155 Å². The SMILES string of the molecule is CC(NC(=O)OCc1ccccc1)C(=O)N1CCC[C@H]1C1CCCCN1. The molecule has 0 bridgehead atoms. The zero-order valence-electron chi connectivity index (χ0n) is 15.4. The molecule has 1 aromatic rings. The Morgan fingerprint density at radius 3 is 2.77 bits per heavy atom. The molecular weight excluding hydrogens is 330 g/mol. The number of hydrogen-bond acceptors (Lipinski definition) is 4. The van der Waals surface area contributed by atoms with Crippen LogP contribution < -0.4 is 10.6 Å². The monoisotopic (exact) mass is 359 g/mol. The van der Waals surface area contributed by atoms with Crippen LogP contribution in [0, 0.1) is 0 Å². The minimum absolute atomic E-state index is 0.0171. The van der Waals surface area contributed by atoms with E-state index in [1.807, 2.05) is 35.2 Å². The van der Waals surface area contributed by atoms with Crippen molar-refractivity contribution in [2.75, 3.05) is 13.1 Å². The molecule has 2 heterocycles. The van der Waals surface area contributed by atoms with Gasteiger partial charge >= 0.3 is 6.09 Å². The second-order valence-corrected chi connectivity index (χ2v) is 7.23. The van der Waals surface area contributed by atoms with Crippen LogP contribution in [0.4, 0.5) is 4.79 Å². The standard InChI is InChI=1S/C20H29N3O3/c1-15(22-20(25)26-14-16-8-3-2-4-9-16)19(24)23-13-7-11-18(23)17-10-5-6-12-21-17/h2-4,8-9,15,17-18,21H,5-7,10-14H2,1H3,(H,22,25)/t15?,17?,18-/m0/s1. The van der Waals surface area contributed by atoms with Gasteiger partial charge in [-0.15, -0.1) is 0 Å². The highest BCUT2D eigenvalue weighted by Gasteiger charge is 2.37. The number of carbonyl (C=O) groups excluding carboxylic acids is 2. The van der Waals surface area contributed by atoms with Crippen molar-refractivity contribution in [3.8, 4) is 0 Å². The minimum atomic E-state index is -0.581. The van der Waals surface area contributed by atoms with Gasteiger partial charge in [0.1, 0.15) is 12.6 Å². The van der Waals surface area contributed by atoms with Crippen molar-refractivity contribution in [1.82, 2.24) is 15.5 Å². The number of hydrogen-bond donors (Lipinski definition) is 2. The maximum Gasteiger partial charge on any atom is 0.408 e.